The van der Waals surface area contributed by atoms with Crippen LogP contribution in [0.2, 0.25) is 0 Å². The zero-order valence-electron chi connectivity index (χ0n) is 13.8. The molecule has 2 rings (SSSR count). The molecule has 7 nitrogen and oxygen atoms in total. The van der Waals surface area contributed by atoms with Crippen LogP contribution < -0.4 is 16.0 Å². The van der Waals surface area contributed by atoms with Gasteiger partial charge in [0.15, 0.2) is 0 Å². The zero-order chi connectivity index (χ0) is 15.1. The molecule has 1 aromatic rings. The summed E-state index contributed by atoms with van der Waals surface area (Å²) >= 11 is 0. The third kappa shape index (κ3) is 8.84. The molecular formula is C14H27Cl3N6O. The van der Waals surface area contributed by atoms with Gasteiger partial charge in [0.2, 0.25) is 11.9 Å². The Bertz CT molecular complexity index is 443. The van der Waals surface area contributed by atoms with E-state index in [1.807, 2.05) is 13.0 Å². The first kappa shape index (κ1) is 25.4. The molecule has 1 saturated heterocycles. The van der Waals surface area contributed by atoms with Crippen molar-refractivity contribution in [1.82, 2.24) is 20.2 Å². The number of hydrogen-bond donors (Lipinski definition) is 2. The second kappa shape index (κ2) is 13.4. The van der Waals surface area contributed by atoms with Crippen molar-refractivity contribution >= 4 is 49.1 Å². The Morgan fingerprint density at radius 2 is 1.79 bits per heavy atom. The molecule has 1 aliphatic rings. The van der Waals surface area contributed by atoms with Crippen molar-refractivity contribution in [3.05, 3.63) is 18.5 Å². The smallest absolute Gasteiger partial charge is 0.225 e. The quantitative estimate of drug-likeness (QED) is 0.730. The van der Waals surface area contributed by atoms with E-state index >= 15 is 0 Å². The Hall–Kier alpha value is -0.860. The van der Waals surface area contributed by atoms with Crippen molar-refractivity contribution in [2.24, 2.45) is 5.73 Å². The maximum Gasteiger partial charge on any atom is 0.225 e. The van der Waals surface area contributed by atoms with Crippen LogP contribution in [0.15, 0.2) is 18.5 Å². The predicted molar refractivity (Wildman–Crippen MR) is 104 cm³/mol. The summed E-state index contributed by atoms with van der Waals surface area (Å²) in [4.78, 5) is 24.6. The van der Waals surface area contributed by atoms with Crippen molar-refractivity contribution in [3.8, 4) is 0 Å². The van der Waals surface area contributed by atoms with Gasteiger partial charge in [0, 0.05) is 64.1 Å². The summed E-state index contributed by atoms with van der Waals surface area (Å²) in [5.74, 6) is 0.823. The fraction of sp³-hybridized carbons (Fsp3) is 0.643. The van der Waals surface area contributed by atoms with Gasteiger partial charge < -0.3 is 16.0 Å². The van der Waals surface area contributed by atoms with Crippen LogP contribution in [0.3, 0.4) is 0 Å². The first-order valence-electron chi connectivity index (χ1n) is 7.42. The van der Waals surface area contributed by atoms with Crippen molar-refractivity contribution in [1.29, 1.82) is 0 Å². The zero-order valence-corrected chi connectivity index (χ0v) is 16.2. The van der Waals surface area contributed by atoms with Gasteiger partial charge in [-0.2, -0.15) is 0 Å². The molecule has 1 aliphatic heterocycles. The number of carbonyl (C=O) groups is 1. The summed E-state index contributed by atoms with van der Waals surface area (Å²) in [5, 5.41) is 2.91. The van der Waals surface area contributed by atoms with Gasteiger partial charge >= 0.3 is 0 Å². The second-order valence-electron chi connectivity index (χ2n) is 5.41. The fourth-order valence-corrected chi connectivity index (χ4v) is 2.34. The lowest BCUT2D eigenvalue weighted by molar-refractivity contribution is -0.121. The number of nitrogens with one attached hydrogen (secondary N) is 1. The van der Waals surface area contributed by atoms with Gasteiger partial charge in [-0.25, -0.2) is 9.97 Å². The highest BCUT2D eigenvalue weighted by Gasteiger charge is 2.18. The van der Waals surface area contributed by atoms with Crippen molar-refractivity contribution in [2.45, 2.75) is 19.4 Å². The number of rotatable bonds is 6. The van der Waals surface area contributed by atoms with E-state index in [4.69, 9.17) is 5.73 Å². The molecule has 1 aromatic heterocycles. The van der Waals surface area contributed by atoms with Gasteiger partial charge in [0.25, 0.3) is 0 Å². The molecule has 24 heavy (non-hydrogen) atoms. The molecule has 1 atom stereocenters. The molecular weight excluding hydrogens is 375 g/mol. The number of anilines is 1. The van der Waals surface area contributed by atoms with Crippen LogP contribution in [-0.2, 0) is 4.79 Å². The van der Waals surface area contributed by atoms with E-state index in [1.54, 1.807) is 12.4 Å². The average molecular weight is 402 g/mol. The number of halogens is 3. The number of hydrogen-bond acceptors (Lipinski definition) is 6. The van der Waals surface area contributed by atoms with E-state index in [0.717, 1.165) is 38.7 Å². The molecule has 10 heteroatoms. The Balaban J connectivity index is 0. The van der Waals surface area contributed by atoms with Crippen LogP contribution in [0.1, 0.15) is 13.3 Å². The maximum absolute atomic E-state index is 11.5. The lowest BCUT2D eigenvalue weighted by atomic mass is 10.2. The van der Waals surface area contributed by atoms with Crippen LogP contribution >= 0.6 is 37.2 Å². The van der Waals surface area contributed by atoms with E-state index in [9.17, 15) is 4.79 Å². The van der Waals surface area contributed by atoms with E-state index in [0.29, 0.717) is 13.0 Å². The number of nitrogens with zero attached hydrogens (tertiary/aromatic N) is 4. The van der Waals surface area contributed by atoms with E-state index < -0.39 is 0 Å². The standard InChI is InChI=1S/C14H24N6O.3ClH/c1-12(15)11-13(21)16-5-6-19-7-9-20(10-8-19)14-17-3-2-4-18-14;;;/h2-4,12H,5-11,15H2,1H3,(H,16,21);3*1H. The minimum absolute atomic E-state index is 0. The summed E-state index contributed by atoms with van der Waals surface area (Å²) in [7, 11) is 0. The normalized spacial score (nSPS) is 15.3. The molecule has 1 amide bonds. The van der Waals surface area contributed by atoms with E-state index in [2.05, 4.69) is 25.1 Å². The summed E-state index contributed by atoms with van der Waals surface area (Å²) in [6.07, 6.45) is 3.92. The first-order chi connectivity index (χ1) is 10.1. The average Bonchev–Trinajstić information content (AvgIpc) is 2.48. The lowest BCUT2D eigenvalue weighted by Crippen LogP contribution is -2.49. The molecule has 0 bridgehead atoms. The van der Waals surface area contributed by atoms with Crippen LogP contribution in [0, 0.1) is 0 Å². The minimum atomic E-state index is -0.0839. The molecule has 3 N–H and O–H groups in total. The molecule has 0 spiro atoms. The highest BCUT2D eigenvalue weighted by molar-refractivity contribution is 5.86. The highest BCUT2D eigenvalue weighted by atomic mass is 35.5. The van der Waals surface area contributed by atoms with Crippen LogP contribution in [-0.4, -0.2) is 66.1 Å². The molecule has 0 aliphatic carbocycles. The topological polar surface area (TPSA) is 87.4 Å². The van der Waals surface area contributed by atoms with Gasteiger partial charge in [-0.15, -0.1) is 37.2 Å². The molecule has 0 saturated carbocycles. The van der Waals surface area contributed by atoms with Crippen LogP contribution in [0.5, 0.6) is 0 Å². The largest absolute Gasteiger partial charge is 0.355 e. The van der Waals surface area contributed by atoms with Crippen LogP contribution in [0.25, 0.3) is 0 Å². The van der Waals surface area contributed by atoms with Crippen molar-refractivity contribution in [2.75, 3.05) is 44.2 Å². The van der Waals surface area contributed by atoms with Gasteiger partial charge in [0.1, 0.15) is 0 Å². The molecule has 140 valence electrons. The number of aromatic nitrogens is 2. The maximum atomic E-state index is 11.5. The Morgan fingerprint density at radius 1 is 1.21 bits per heavy atom. The minimum Gasteiger partial charge on any atom is -0.355 e. The molecule has 1 unspecified atom stereocenters. The summed E-state index contributed by atoms with van der Waals surface area (Å²) in [6.45, 7) is 7.13. The summed E-state index contributed by atoms with van der Waals surface area (Å²) in [5.41, 5.74) is 5.59. The van der Waals surface area contributed by atoms with E-state index in [1.165, 1.54) is 0 Å². The number of carbonyl (C=O) groups excluding carboxylic acids is 1. The van der Waals surface area contributed by atoms with Crippen molar-refractivity contribution < 1.29 is 4.79 Å². The molecule has 2 heterocycles. The Kier molecular flexibility index (Phi) is 14.2. The first-order valence-corrected chi connectivity index (χ1v) is 7.42. The fourth-order valence-electron chi connectivity index (χ4n) is 2.34. The van der Waals surface area contributed by atoms with Crippen molar-refractivity contribution in [3.63, 3.8) is 0 Å². The summed E-state index contributed by atoms with van der Waals surface area (Å²) < 4.78 is 0. The number of amides is 1. The third-order valence-electron chi connectivity index (χ3n) is 3.46. The monoisotopic (exact) mass is 400 g/mol. The number of piperazine rings is 1. The summed E-state index contributed by atoms with van der Waals surface area (Å²) in [6, 6.07) is 1.74. The second-order valence-corrected chi connectivity index (χ2v) is 5.41. The Morgan fingerprint density at radius 3 is 2.33 bits per heavy atom. The third-order valence-corrected chi connectivity index (χ3v) is 3.46. The van der Waals surface area contributed by atoms with Crippen LogP contribution in [0.4, 0.5) is 5.95 Å². The van der Waals surface area contributed by atoms with E-state index in [-0.39, 0.29) is 49.2 Å². The van der Waals surface area contributed by atoms with Gasteiger partial charge in [0.05, 0.1) is 0 Å². The molecule has 1 fully saturated rings. The lowest BCUT2D eigenvalue weighted by Gasteiger charge is -2.34. The van der Waals surface area contributed by atoms with Gasteiger partial charge in [-0.3, -0.25) is 9.69 Å². The number of nitrogens with two attached hydrogens (primary N) is 1. The highest BCUT2D eigenvalue weighted by Crippen LogP contribution is 2.08. The van der Waals surface area contributed by atoms with Gasteiger partial charge in [-0.1, -0.05) is 0 Å². The predicted octanol–water partition coefficient (Wildman–Crippen LogP) is 0.717. The molecule has 0 aromatic carbocycles. The Labute approximate surface area is 162 Å². The molecule has 0 radical (unpaired) electrons. The van der Waals surface area contributed by atoms with Gasteiger partial charge in [-0.05, 0) is 13.0 Å². The SMILES string of the molecule is CC(N)CC(=O)NCCN1CCN(c2ncccn2)CC1.Cl.Cl.Cl.